The standard InChI is InChI=1S/C18H21NO5/c1-3-6-13(20)16-14(21)9-12(11-7-5-8-19-10-11)15(17(16)22)18(23)24-4-2/h5,7-8,10,12,15,22H,3-4,6,9H2,1-2H3. The quantitative estimate of drug-likeness (QED) is 0.636. The summed E-state index contributed by atoms with van der Waals surface area (Å²) in [7, 11) is 0. The molecule has 0 aliphatic heterocycles. The van der Waals surface area contributed by atoms with E-state index < -0.39 is 35.1 Å². The lowest BCUT2D eigenvalue weighted by Gasteiger charge is -2.30. The van der Waals surface area contributed by atoms with Gasteiger partial charge in [0.1, 0.15) is 11.7 Å². The summed E-state index contributed by atoms with van der Waals surface area (Å²) in [6.45, 7) is 3.62. The van der Waals surface area contributed by atoms with Gasteiger partial charge in [0.25, 0.3) is 0 Å². The van der Waals surface area contributed by atoms with E-state index in [2.05, 4.69) is 4.98 Å². The number of carbonyl (C=O) groups excluding carboxylic acids is 3. The van der Waals surface area contributed by atoms with Crippen molar-refractivity contribution in [2.45, 2.75) is 39.0 Å². The van der Waals surface area contributed by atoms with Crippen molar-refractivity contribution in [1.82, 2.24) is 4.98 Å². The molecule has 1 aliphatic carbocycles. The SMILES string of the molecule is CCCC(=O)C1=C(O)C(C(=O)OCC)C(c2cccnc2)CC1=O. The number of pyridine rings is 1. The molecule has 2 rings (SSSR count). The Hall–Kier alpha value is -2.50. The smallest absolute Gasteiger partial charge is 0.317 e. The Bertz CT molecular complexity index is 665. The van der Waals surface area contributed by atoms with E-state index in [0.29, 0.717) is 12.0 Å². The topological polar surface area (TPSA) is 93.6 Å². The number of aromatic nitrogens is 1. The first-order valence-corrected chi connectivity index (χ1v) is 8.07. The van der Waals surface area contributed by atoms with Crippen LogP contribution in [0.3, 0.4) is 0 Å². The van der Waals surface area contributed by atoms with E-state index >= 15 is 0 Å². The summed E-state index contributed by atoms with van der Waals surface area (Å²) < 4.78 is 5.05. The molecule has 1 N–H and O–H groups in total. The highest BCUT2D eigenvalue weighted by atomic mass is 16.5. The van der Waals surface area contributed by atoms with E-state index in [0.717, 1.165) is 0 Å². The maximum absolute atomic E-state index is 12.4. The molecule has 1 heterocycles. The Balaban J connectivity index is 2.50. The van der Waals surface area contributed by atoms with Gasteiger partial charge in [-0.05, 0) is 25.0 Å². The molecule has 0 bridgehead atoms. The highest BCUT2D eigenvalue weighted by Gasteiger charge is 2.44. The van der Waals surface area contributed by atoms with Gasteiger partial charge in [-0.15, -0.1) is 0 Å². The zero-order chi connectivity index (χ0) is 17.7. The lowest BCUT2D eigenvalue weighted by atomic mass is 9.74. The van der Waals surface area contributed by atoms with E-state index in [-0.39, 0.29) is 25.0 Å². The molecule has 0 saturated carbocycles. The van der Waals surface area contributed by atoms with E-state index in [1.807, 2.05) is 6.92 Å². The number of rotatable bonds is 6. The molecule has 0 saturated heterocycles. The van der Waals surface area contributed by atoms with E-state index in [1.165, 1.54) is 0 Å². The zero-order valence-corrected chi connectivity index (χ0v) is 13.8. The summed E-state index contributed by atoms with van der Waals surface area (Å²) in [5.41, 5.74) is 0.396. The third-order valence-corrected chi connectivity index (χ3v) is 4.05. The second kappa shape index (κ2) is 7.86. The minimum absolute atomic E-state index is 0.0377. The summed E-state index contributed by atoms with van der Waals surface area (Å²) in [6.07, 6.45) is 3.80. The van der Waals surface area contributed by atoms with Gasteiger partial charge in [-0.3, -0.25) is 19.4 Å². The van der Waals surface area contributed by atoms with Gasteiger partial charge in [0.2, 0.25) is 0 Å². The molecule has 6 nitrogen and oxygen atoms in total. The number of ketones is 2. The van der Waals surface area contributed by atoms with Gasteiger partial charge in [0, 0.05) is 31.2 Å². The number of esters is 1. The number of nitrogens with zero attached hydrogens (tertiary/aromatic N) is 1. The Morgan fingerprint density at radius 2 is 2.12 bits per heavy atom. The van der Waals surface area contributed by atoms with Crippen LogP contribution in [0.1, 0.15) is 44.6 Å². The van der Waals surface area contributed by atoms with Crippen LogP contribution in [-0.4, -0.2) is 34.2 Å². The first-order chi connectivity index (χ1) is 11.5. The molecule has 1 aromatic heterocycles. The molecule has 2 atom stereocenters. The molecule has 6 heteroatoms. The predicted octanol–water partition coefficient (Wildman–Crippen LogP) is 2.50. The second-order valence-electron chi connectivity index (χ2n) is 5.68. The van der Waals surface area contributed by atoms with E-state index in [4.69, 9.17) is 4.74 Å². The number of hydrogen-bond donors (Lipinski definition) is 1. The zero-order valence-electron chi connectivity index (χ0n) is 13.8. The van der Waals surface area contributed by atoms with Crippen molar-refractivity contribution in [3.05, 3.63) is 41.4 Å². The van der Waals surface area contributed by atoms with Crippen LogP contribution < -0.4 is 0 Å². The third kappa shape index (κ3) is 3.53. The minimum atomic E-state index is -1.07. The molecule has 1 aromatic rings. The predicted molar refractivity (Wildman–Crippen MR) is 86.3 cm³/mol. The first-order valence-electron chi connectivity index (χ1n) is 8.07. The van der Waals surface area contributed by atoms with Gasteiger partial charge in [-0.1, -0.05) is 13.0 Å². The molecule has 0 amide bonds. The Morgan fingerprint density at radius 1 is 1.38 bits per heavy atom. The van der Waals surface area contributed by atoms with Crippen LogP contribution in [-0.2, 0) is 19.1 Å². The number of carbonyl (C=O) groups is 3. The fraction of sp³-hybridized carbons (Fsp3) is 0.444. The lowest BCUT2D eigenvalue weighted by Crippen LogP contribution is -2.35. The average molecular weight is 331 g/mol. The molecule has 24 heavy (non-hydrogen) atoms. The fourth-order valence-electron chi connectivity index (χ4n) is 2.97. The van der Waals surface area contributed by atoms with Gasteiger partial charge in [0.05, 0.1) is 12.2 Å². The van der Waals surface area contributed by atoms with Crippen molar-refractivity contribution in [1.29, 1.82) is 0 Å². The number of hydrogen-bond acceptors (Lipinski definition) is 6. The van der Waals surface area contributed by atoms with Crippen molar-refractivity contribution >= 4 is 17.5 Å². The van der Waals surface area contributed by atoms with Crippen molar-refractivity contribution in [2.75, 3.05) is 6.61 Å². The van der Waals surface area contributed by atoms with Crippen LogP contribution in [0, 0.1) is 5.92 Å². The highest BCUT2D eigenvalue weighted by molar-refractivity contribution is 6.21. The maximum Gasteiger partial charge on any atom is 0.317 e. The summed E-state index contributed by atoms with van der Waals surface area (Å²) in [5.74, 6) is -3.65. The monoisotopic (exact) mass is 331 g/mol. The van der Waals surface area contributed by atoms with Crippen LogP contribution >= 0.6 is 0 Å². The molecule has 1 aliphatic rings. The summed E-state index contributed by atoms with van der Waals surface area (Å²) in [6, 6.07) is 3.43. The maximum atomic E-state index is 12.4. The van der Waals surface area contributed by atoms with Gasteiger partial charge in [-0.2, -0.15) is 0 Å². The number of allylic oxidation sites excluding steroid dienone is 1. The van der Waals surface area contributed by atoms with Gasteiger partial charge < -0.3 is 9.84 Å². The second-order valence-corrected chi connectivity index (χ2v) is 5.68. The largest absolute Gasteiger partial charge is 0.510 e. The Morgan fingerprint density at radius 3 is 2.71 bits per heavy atom. The summed E-state index contributed by atoms with van der Waals surface area (Å²) >= 11 is 0. The summed E-state index contributed by atoms with van der Waals surface area (Å²) in [4.78, 5) is 41.0. The number of aliphatic hydroxyl groups excluding tert-OH is 1. The highest BCUT2D eigenvalue weighted by Crippen LogP contribution is 2.39. The third-order valence-electron chi connectivity index (χ3n) is 4.05. The van der Waals surface area contributed by atoms with Crippen molar-refractivity contribution in [3.8, 4) is 0 Å². The Labute approximate surface area is 140 Å². The van der Waals surface area contributed by atoms with E-state index in [9.17, 15) is 19.5 Å². The first kappa shape index (κ1) is 17.8. The van der Waals surface area contributed by atoms with Crippen LogP contribution in [0.25, 0.3) is 0 Å². The molecular formula is C18H21NO5. The normalized spacial score (nSPS) is 20.8. The summed E-state index contributed by atoms with van der Waals surface area (Å²) in [5, 5.41) is 10.5. The van der Waals surface area contributed by atoms with Crippen molar-refractivity contribution < 1.29 is 24.2 Å². The van der Waals surface area contributed by atoms with Gasteiger partial charge in [0.15, 0.2) is 11.6 Å². The van der Waals surface area contributed by atoms with E-state index in [1.54, 1.807) is 31.5 Å². The number of ether oxygens (including phenoxy) is 1. The lowest BCUT2D eigenvalue weighted by molar-refractivity contribution is -0.149. The molecule has 0 spiro atoms. The molecule has 128 valence electrons. The molecule has 2 unspecified atom stereocenters. The van der Waals surface area contributed by atoms with Gasteiger partial charge in [-0.25, -0.2) is 0 Å². The molecule has 0 aromatic carbocycles. The number of aliphatic hydroxyl groups is 1. The van der Waals surface area contributed by atoms with Crippen molar-refractivity contribution in [3.63, 3.8) is 0 Å². The van der Waals surface area contributed by atoms with Crippen LogP contribution in [0.2, 0.25) is 0 Å². The van der Waals surface area contributed by atoms with Crippen LogP contribution in [0.15, 0.2) is 35.9 Å². The van der Waals surface area contributed by atoms with Crippen LogP contribution in [0.5, 0.6) is 0 Å². The van der Waals surface area contributed by atoms with Gasteiger partial charge >= 0.3 is 5.97 Å². The minimum Gasteiger partial charge on any atom is -0.510 e. The average Bonchev–Trinajstić information content (AvgIpc) is 2.55. The Kier molecular flexibility index (Phi) is 5.84. The number of Topliss-reactive ketones (excluding diaryl/α,β-unsaturated/α-hetero) is 2. The van der Waals surface area contributed by atoms with Crippen molar-refractivity contribution in [2.24, 2.45) is 5.92 Å². The fourth-order valence-corrected chi connectivity index (χ4v) is 2.97. The molecule has 0 fully saturated rings. The molecular weight excluding hydrogens is 310 g/mol. The molecule has 0 radical (unpaired) electrons. The van der Waals surface area contributed by atoms with Crippen LogP contribution in [0.4, 0.5) is 0 Å².